The lowest BCUT2D eigenvalue weighted by Crippen LogP contribution is -2.04. The summed E-state index contributed by atoms with van der Waals surface area (Å²) in [7, 11) is 0. The second kappa shape index (κ2) is 5.87. The molecule has 0 fully saturated rings. The van der Waals surface area contributed by atoms with Crippen LogP contribution in [-0.2, 0) is 6.18 Å². The van der Waals surface area contributed by atoms with Gasteiger partial charge in [-0.05, 0) is 47.0 Å². The number of aromatic amines is 2. The Morgan fingerprint density at radius 3 is 2.69 bits per heavy atom. The Labute approximate surface area is 146 Å². The minimum absolute atomic E-state index is 0.125. The monoisotopic (exact) mass is 356 g/mol. The second-order valence-corrected chi connectivity index (χ2v) is 5.72. The number of nitrogens with zero attached hydrogens (tertiary/aromatic N) is 1. The normalized spacial score (nSPS) is 12.3. The molecule has 3 aromatic heterocycles. The van der Waals surface area contributed by atoms with E-state index >= 15 is 0 Å². The molecule has 4 nitrogen and oxygen atoms in total. The van der Waals surface area contributed by atoms with Crippen LogP contribution in [0.1, 0.15) is 6.93 Å². The van der Waals surface area contributed by atoms with E-state index < -0.39 is 17.8 Å². The van der Waals surface area contributed by atoms with Gasteiger partial charge in [0, 0.05) is 29.5 Å². The zero-order chi connectivity index (χ0) is 19.2. The molecule has 0 unspecified atom stereocenters. The van der Waals surface area contributed by atoms with Gasteiger partial charge in [0.2, 0.25) is 5.56 Å². The fourth-order valence-corrected chi connectivity index (χ4v) is 2.83. The van der Waals surface area contributed by atoms with E-state index in [9.17, 15) is 18.0 Å². The standard InChI is InChI=1S/C19H12F3N3O/c20-19(21,22)13-3-1-2-12(8-13)16-10-15-14(5-7-24-18(15)25-16)11-4-6-23-17(26)9-11/h1-10H,(H,23,26)(H,24,25)/i8D. The summed E-state index contributed by atoms with van der Waals surface area (Å²) in [6.07, 6.45) is -1.54. The van der Waals surface area contributed by atoms with E-state index in [4.69, 9.17) is 1.37 Å². The lowest BCUT2D eigenvalue weighted by atomic mass is 10.0. The van der Waals surface area contributed by atoms with Crippen LogP contribution in [0.4, 0.5) is 13.2 Å². The van der Waals surface area contributed by atoms with Gasteiger partial charge in [-0.1, -0.05) is 12.1 Å². The number of fused-ring (bicyclic) bond motifs is 1. The molecule has 0 saturated heterocycles. The van der Waals surface area contributed by atoms with Crippen LogP contribution in [-0.4, -0.2) is 15.0 Å². The SMILES string of the molecule is [2H]c1c(-c2cc3c(-c4cc[nH]c(=O)c4)ccnc3[nH]2)cccc1C(F)(F)F. The molecule has 4 aromatic rings. The number of aromatic nitrogens is 3. The molecule has 0 aliphatic carbocycles. The van der Waals surface area contributed by atoms with Crippen molar-refractivity contribution in [3.8, 4) is 22.4 Å². The number of hydrogen-bond donors (Lipinski definition) is 2. The zero-order valence-corrected chi connectivity index (χ0v) is 13.2. The van der Waals surface area contributed by atoms with Gasteiger partial charge in [-0.15, -0.1) is 0 Å². The lowest BCUT2D eigenvalue weighted by Gasteiger charge is -2.07. The minimum atomic E-state index is -4.60. The van der Waals surface area contributed by atoms with Crippen LogP contribution < -0.4 is 5.56 Å². The minimum Gasteiger partial charge on any atom is -0.339 e. The van der Waals surface area contributed by atoms with Crippen LogP contribution in [0.25, 0.3) is 33.4 Å². The number of alkyl halides is 3. The lowest BCUT2D eigenvalue weighted by molar-refractivity contribution is -0.137. The van der Waals surface area contributed by atoms with E-state index in [-0.39, 0.29) is 11.1 Å². The Morgan fingerprint density at radius 1 is 1.08 bits per heavy atom. The molecule has 0 aliphatic heterocycles. The van der Waals surface area contributed by atoms with Crippen LogP contribution in [0.15, 0.2) is 65.7 Å². The third-order valence-electron chi connectivity index (χ3n) is 4.01. The van der Waals surface area contributed by atoms with Crippen molar-refractivity contribution in [3.63, 3.8) is 0 Å². The summed E-state index contributed by atoms with van der Waals surface area (Å²) in [5.74, 6) is 0. The van der Waals surface area contributed by atoms with Gasteiger partial charge >= 0.3 is 6.18 Å². The molecular formula is C19H12F3N3O. The Hall–Kier alpha value is -3.35. The number of hydrogen-bond acceptors (Lipinski definition) is 2. The van der Waals surface area contributed by atoms with Crippen LogP contribution in [0, 0.1) is 0 Å². The van der Waals surface area contributed by atoms with Gasteiger partial charge < -0.3 is 9.97 Å². The maximum Gasteiger partial charge on any atom is 0.416 e. The smallest absolute Gasteiger partial charge is 0.339 e. The van der Waals surface area contributed by atoms with Gasteiger partial charge in [0.05, 0.1) is 6.93 Å². The van der Waals surface area contributed by atoms with Crippen molar-refractivity contribution in [1.29, 1.82) is 0 Å². The summed E-state index contributed by atoms with van der Waals surface area (Å²) in [6.45, 7) is 0. The molecule has 0 spiro atoms. The molecule has 2 N–H and O–H groups in total. The molecule has 0 atom stereocenters. The molecule has 0 saturated carbocycles. The highest BCUT2D eigenvalue weighted by molar-refractivity contribution is 5.96. The summed E-state index contributed by atoms with van der Waals surface area (Å²) in [5.41, 5.74) is 1.05. The van der Waals surface area contributed by atoms with Crippen LogP contribution in [0.2, 0.25) is 0 Å². The zero-order valence-electron chi connectivity index (χ0n) is 14.2. The number of pyridine rings is 2. The second-order valence-electron chi connectivity index (χ2n) is 5.72. The van der Waals surface area contributed by atoms with Crippen molar-refractivity contribution in [2.75, 3.05) is 0 Å². The van der Waals surface area contributed by atoms with Crippen LogP contribution in [0.5, 0.6) is 0 Å². The van der Waals surface area contributed by atoms with E-state index in [1.807, 2.05) is 0 Å². The number of halogens is 3. The van der Waals surface area contributed by atoms with Crippen molar-refractivity contribution in [3.05, 3.63) is 76.8 Å². The third-order valence-corrected chi connectivity index (χ3v) is 4.01. The maximum atomic E-state index is 13.1. The first-order valence-electron chi connectivity index (χ1n) is 8.18. The molecule has 1 aromatic carbocycles. The van der Waals surface area contributed by atoms with Crippen molar-refractivity contribution >= 4 is 11.0 Å². The fourth-order valence-electron chi connectivity index (χ4n) is 2.83. The summed E-state index contributed by atoms with van der Waals surface area (Å²) in [5, 5.41) is 0.648. The Morgan fingerprint density at radius 2 is 1.92 bits per heavy atom. The first-order valence-corrected chi connectivity index (χ1v) is 7.68. The molecule has 7 heteroatoms. The largest absolute Gasteiger partial charge is 0.416 e. The van der Waals surface area contributed by atoms with Crippen LogP contribution >= 0.6 is 0 Å². The molecule has 3 heterocycles. The summed E-state index contributed by atoms with van der Waals surface area (Å²) in [4.78, 5) is 21.3. The van der Waals surface area contributed by atoms with Gasteiger partial charge in [-0.3, -0.25) is 4.79 Å². The Balaban J connectivity index is 1.92. The number of H-pyrrole nitrogens is 2. The highest BCUT2D eigenvalue weighted by Gasteiger charge is 2.30. The number of rotatable bonds is 2. The van der Waals surface area contributed by atoms with E-state index in [1.165, 1.54) is 24.4 Å². The first-order chi connectivity index (χ1) is 12.8. The Kier molecular flexibility index (Phi) is 3.38. The first kappa shape index (κ1) is 14.9. The van der Waals surface area contributed by atoms with Gasteiger partial charge in [0.25, 0.3) is 0 Å². The molecule has 0 bridgehead atoms. The van der Waals surface area contributed by atoms with E-state index in [1.54, 1.807) is 24.4 Å². The highest BCUT2D eigenvalue weighted by atomic mass is 19.4. The van der Waals surface area contributed by atoms with E-state index in [0.717, 1.165) is 6.07 Å². The molecule has 0 amide bonds. The average Bonchev–Trinajstić information content (AvgIpc) is 3.04. The molecule has 0 radical (unpaired) electrons. The van der Waals surface area contributed by atoms with Crippen molar-refractivity contribution in [2.24, 2.45) is 0 Å². The molecule has 26 heavy (non-hydrogen) atoms. The van der Waals surface area contributed by atoms with Gasteiger partial charge in [0.15, 0.2) is 0 Å². The number of nitrogens with one attached hydrogen (secondary N) is 2. The van der Waals surface area contributed by atoms with Gasteiger partial charge in [0.1, 0.15) is 5.65 Å². The summed E-state index contributed by atoms with van der Waals surface area (Å²) < 4.78 is 47.2. The van der Waals surface area contributed by atoms with Crippen molar-refractivity contribution < 1.29 is 14.5 Å². The van der Waals surface area contributed by atoms with Crippen molar-refractivity contribution in [2.45, 2.75) is 6.18 Å². The predicted octanol–water partition coefficient (Wildman–Crippen LogP) is 4.60. The molecule has 130 valence electrons. The average molecular weight is 356 g/mol. The van der Waals surface area contributed by atoms with E-state index in [0.29, 0.717) is 27.9 Å². The predicted molar refractivity (Wildman–Crippen MR) is 92.6 cm³/mol. The topological polar surface area (TPSA) is 61.5 Å². The molecule has 4 rings (SSSR count). The Bertz CT molecular complexity index is 1210. The maximum absolute atomic E-state index is 13.1. The van der Waals surface area contributed by atoms with Crippen LogP contribution in [0.3, 0.4) is 0 Å². The van der Waals surface area contributed by atoms with Gasteiger partial charge in [-0.25, -0.2) is 4.98 Å². The molecule has 0 aliphatic rings. The third kappa shape index (κ3) is 2.88. The fraction of sp³-hybridized carbons (Fsp3) is 0.0526. The highest BCUT2D eigenvalue weighted by Crippen LogP contribution is 2.34. The van der Waals surface area contributed by atoms with E-state index in [2.05, 4.69) is 15.0 Å². The summed E-state index contributed by atoms with van der Waals surface area (Å²) >= 11 is 0. The quantitative estimate of drug-likeness (QED) is 0.551. The molecular weight excluding hydrogens is 343 g/mol. The number of benzene rings is 1. The van der Waals surface area contributed by atoms with Crippen molar-refractivity contribution in [1.82, 2.24) is 15.0 Å². The summed E-state index contributed by atoms with van der Waals surface area (Å²) in [6, 6.07) is 9.53. The van der Waals surface area contributed by atoms with Gasteiger partial charge in [-0.2, -0.15) is 13.2 Å².